The second kappa shape index (κ2) is 4.22. The van der Waals surface area contributed by atoms with Crippen LogP contribution in [0.1, 0.15) is 13.0 Å². The Kier molecular flexibility index (Phi) is 2.70. The van der Waals surface area contributed by atoms with E-state index in [1.54, 1.807) is 0 Å². The molecule has 2 heterocycles. The van der Waals surface area contributed by atoms with Gasteiger partial charge >= 0.3 is 11.7 Å². The number of esters is 1. The van der Waals surface area contributed by atoms with Gasteiger partial charge in [-0.25, -0.2) is 4.79 Å². The third-order valence-electron chi connectivity index (χ3n) is 3.51. The Morgan fingerprint density at radius 1 is 1.57 bits per heavy atom. The summed E-state index contributed by atoms with van der Waals surface area (Å²) in [5, 5.41) is 19.0. The van der Waals surface area contributed by atoms with Crippen LogP contribution >= 0.6 is 0 Å². The fourth-order valence-electron chi connectivity index (χ4n) is 2.69. The second-order valence-corrected chi connectivity index (χ2v) is 4.82. The number of nitrogens with zero attached hydrogens (tertiary/aromatic N) is 1. The number of ether oxygens (including phenoxy) is 2. The molecule has 1 aromatic heterocycles. The first-order valence-electron chi connectivity index (χ1n) is 6.13. The number of aliphatic hydroxyl groups excluding tert-OH is 2. The maximum absolute atomic E-state index is 11.8. The molecule has 1 fully saturated rings. The SMILES string of the molecule is CC(=O)OC12OC(CO)=C(O)C1[C@@H]2n1ccc(=O)[nH]c1=O. The van der Waals surface area contributed by atoms with Gasteiger partial charge in [0.05, 0.1) is 0 Å². The van der Waals surface area contributed by atoms with Crippen molar-refractivity contribution in [1.29, 1.82) is 0 Å². The van der Waals surface area contributed by atoms with Gasteiger partial charge in [0, 0.05) is 19.2 Å². The molecule has 3 atom stereocenters. The first-order valence-corrected chi connectivity index (χ1v) is 6.13. The number of aliphatic hydroxyl groups is 2. The lowest BCUT2D eigenvalue weighted by Crippen LogP contribution is -2.33. The lowest BCUT2D eigenvalue weighted by atomic mass is 10.3. The first kappa shape index (κ1) is 13.4. The molecule has 21 heavy (non-hydrogen) atoms. The number of rotatable bonds is 3. The van der Waals surface area contributed by atoms with Gasteiger partial charge in [0.2, 0.25) is 0 Å². The number of hydrogen-bond donors (Lipinski definition) is 3. The maximum atomic E-state index is 11.8. The topological polar surface area (TPSA) is 131 Å². The number of aromatic amines is 1. The minimum absolute atomic E-state index is 0.102. The molecule has 3 N–H and O–H groups in total. The van der Waals surface area contributed by atoms with E-state index >= 15 is 0 Å². The number of fused-ring (bicyclic) bond motifs is 1. The van der Waals surface area contributed by atoms with Gasteiger partial charge < -0.3 is 19.7 Å². The fraction of sp³-hybridized carbons (Fsp3) is 0.417. The molecular weight excluding hydrogens is 284 g/mol. The molecule has 1 aliphatic carbocycles. The normalized spacial score (nSPS) is 29.8. The van der Waals surface area contributed by atoms with E-state index in [1.165, 1.54) is 6.20 Å². The van der Waals surface area contributed by atoms with E-state index in [2.05, 4.69) is 4.98 Å². The van der Waals surface area contributed by atoms with Gasteiger partial charge in [-0.05, 0) is 0 Å². The fourth-order valence-corrected chi connectivity index (χ4v) is 2.69. The molecule has 3 rings (SSSR count). The molecule has 9 heteroatoms. The van der Waals surface area contributed by atoms with Crippen LogP contribution < -0.4 is 11.2 Å². The number of H-pyrrole nitrogens is 1. The number of nitrogens with one attached hydrogen (secondary N) is 1. The monoisotopic (exact) mass is 296 g/mol. The van der Waals surface area contributed by atoms with Crippen LogP contribution in [0.4, 0.5) is 0 Å². The third kappa shape index (κ3) is 1.77. The molecule has 1 saturated carbocycles. The van der Waals surface area contributed by atoms with Crippen LogP contribution in [-0.4, -0.2) is 38.1 Å². The first-order chi connectivity index (χ1) is 9.90. The van der Waals surface area contributed by atoms with E-state index < -0.39 is 41.6 Å². The Morgan fingerprint density at radius 3 is 2.86 bits per heavy atom. The Hall–Kier alpha value is -2.55. The van der Waals surface area contributed by atoms with Gasteiger partial charge in [-0.2, -0.15) is 0 Å². The van der Waals surface area contributed by atoms with Crippen molar-refractivity contribution < 1.29 is 24.5 Å². The van der Waals surface area contributed by atoms with Crippen molar-refractivity contribution in [3.63, 3.8) is 0 Å². The minimum Gasteiger partial charge on any atom is -0.508 e. The zero-order valence-electron chi connectivity index (χ0n) is 10.9. The highest BCUT2D eigenvalue weighted by Crippen LogP contribution is 2.65. The average Bonchev–Trinajstić information content (AvgIpc) is 2.92. The van der Waals surface area contributed by atoms with Crippen molar-refractivity contribution in [2.45, 2.75) is 18.8 Å². The van der Waals surface area contributed by atoms with Crippen molar-refractivity contribution in [2.24, 2.45) is 5.92 Å². The molecule has 1 aromatic rings. The quantitative estimate of drug-likeness (QED) is 0.594. The van der Waals surface area contributed by atoms with Crippen LogP contribution in [0.2, 0.25) is 0 Å². The summed E-state index contributed by atoms with van der Waals surface area (Å²) in [5.74, 6) is -3.40. The van der Waals surface area contributed by atoms with Gasteiger partial charge in [0.1, 0.15) is 24.3 Å². The van der Waals surface area contributed by atoms with Crippen molar-refractivity contribution in [3.8, 4) is 0 Å². The maximum Gasteiger partial charge on any atom is 0.328 e. The van der Waals surface area contributed by atoms with E-state index in [4.69, 9.17) is 14.6 Å². The molecule has 0 amide bonds. The summed E-state index contributed by atoms with van der Waals surface area (Å²) in [5.41, 5.74) is -1.28. The molecule has 0 aromatic carbocycles. The van der Waals surface area contributed by atoms with Gasteiger partial charge in [0.15, 0.2) is 5.76 Å². The standard InChI is InChI=1S/C12H12N2O7/c1-5(16)20-12-8(9(18)6(4-15)21-12)10(12)14-3-2-7(17)13-11(14)19/h2-3,8,10,15,18H,4H2,1H3,(H,13,17,19)/t8?,10-,12?/m0/s1. The lowest BCUT2D eigenvalue weighted by molar-refractivity contribution is -0.181. The average molecular weight is 296 g/mol. The van der Waals surface area contributed by atoms with E-state index in [0.717, 1.165) is 17.6 Å². The molecule has 2 aliphatic rings. The molecule has 0 bridgehead atoms. The van der Waals surface area contributed by atoms with Crippen molar-refractivity contribution >= 4 is 5.97 Å². The highest BCUT2D eigenvalue weighted by molar-refractivity contribution is 5.67. The van der Waals surface area contributed by atoms with Crippen LogP contribution in [0, 0.1) is 5.92 Å². The highest BCUT2D eigenvalue weighted by atomic mass is 16.7. The summed E-state index contributed by atoms with van der Waals surface area (Å²) in [6.45, 7) is 0.604. The predicted molar refractivity (Wildman–Crippen MR) is 66.2 cm³/mol. The summed E-state index contributed by atoms with van der Waals surface area (Å²) in [6.07, 6.45) is 1.23. The number of hydrogen-bond acceptors (Lipinski definition) is 7. The molecule has 0 saturated heterocycles. The van der Waals surface area contributed by atoms with Crippen molar-refractivity contribution in [1.82, 2.24) is 9.55 Å². The summed E-state index contributed by atoms with van der Waals surface area (Å²) >= 11 is 0. The zero-order valence-corrected chi connectivity index (χ0v) is 10.9. The predicted octanol–water partition coefficient (Wildman–Crippen LogP) is -1.24. The van der Waals surface area contributed by atoms with Crippen LogP contribution in [-0.2, 0) is 14.3 Å². The summed E-state index contributed by atoms with van der Waals surface area (Å²) in [4.78, 5) is 36.2. The summed E-state index contributed by atoms with van der Waals surface area (Å²) < 4.78 is 11.5. The Labute approximate surface area is 117 Å². The Balaban J connectivity index is 2.04. The van der Waals surface area contributed by atoms with E-state index in [1.807, 2.05) is 0 Å². The third-order valence-corrected chi connectivity index (χ3v) is 3.51. The lowest BCUT2D eigenvalue weighted by Gasteiger charge is -2.18. The van der Waals surface area contributed by atoms with Crippen molar-refractivity contribution in [2.75, 3.05) is 6.61 Å². The van der Waals surface area contributed by atoms with Gasteiger partial charge in [-0.15, -0.1) is 0 Å². The minimum atomic E-state index is -1.56. The van der Waals surface area contributed by atoms with Crippen molar-refractivity contribution in [3.05, 3.63) is 44.6 Å². The molecular formula is C12H12N2O7. The van der Waals surface area contributed by atoms with E-state index in [-0.39, 0.29) is 11.5 Å². The zero-order chi connectivity index (χ0) is 15.4. The van der Waals surface area contributed by atoms with Gasteiger partial charge in [-0.1, -0.05) is 0 Å². The summed E-state index contributed by atoms with van der Waals surface area (Å²) in [7, 11) is 0. The highest BCUT2D eigenvalue weighted by Gasteiger charge is 2.79. The molecule has 112 valence electrons. The van der Waals surface area contributed by atoms with Crippen LogP contribution in [0.15, 0.2) is 33.4 Å². The van der Waals surface area contributed by atoms with Crippen LogP contribution in [0.5, 0.6) is 0 Å². The molecule has 2 unspecified atom stereocenters. The van der Waals surface area contributed by atoms with Crippen LogP contribution in [0.3, 0.4) is 0 Å². The second-order valence-electron chi connectivity index (χ2n) is 4.82. The largest absolute Gasteiger partial charge is 0.508 e. The number of aromatic nitrogens is 2. The van der Waals surface area contributed by atoms with E-state index in [0.29, 0.717) is 0 Å². The number of carbonyl (C=O) groups is 1. The van der Waals surface area contributed by atoms with E-state index in [9.17, 15) is 19.5 Å². The molecule has 0 spiro atoms. The summed E-state index contributed by atoms with van der Waals surface area (Å²) in [6, 6.07) is 0.325. The molecule has 1 aliphatic heterocycles. The molecule has 0 radical (unpaired) electrons. The Bertz CT molecular complexity index is 761. The van der Waals surface area contributed by atoms with Crippen LogP contribution in [0.25, 0.3) is 0 Å². The Morgan fingerprint density at radius 2 is 2.29 bits per heavy atom. The molecule has 9 nitrogen and oxygen atoms in total. The number of carbonyl (C=O) groups excluding carboxylic acids is 1. The van der Waals surface area contributed by atoms with Gasteiger partial charge in [-0.3, -0.25) is 19.1 Å². The van der Waals surface area contributed by atoms with Gasteiger partial charge in [0.25, 0.3) is 11.3 Å². The smallest absolute Gasteiger partial charge is 0.328 e.